The third kappa shape index (κ3) is 5.85. The van der Waals surface area contributed by atoms with E-state index in [0.29, 0.717) is 0 Å². The fraction of sp³-hybridized carbons (Fsp3) is 0.125. The minimum absolute atomic E-state index is 0. The number of nitrogens with one attached hydrogen (secondary N) is 1. The largest absolute Gasteiger partial charge is 0.378 e. The first-order valence-electron chi connectivity index (χ1n) is 3.46. The molecule has 3 N–H and O–H groups in total. The maximum atomic E-state index is 6.98. The molecule has 1 aromatic rings. The van der Waals surface area contributed by atoms with Crippen LogP contribution in [0.3, 0.4) is 0 Å². The Bertz CT molecular complexity index is 254. The van der Waals surface area contributed by atoms with Gasteiger partial charge in [-0.1, -0.05) is 41.1 Å². The first-order valence-corrected chi connectivity index (χ1v) is 5.78. The van der Waals surface area contributed by atoms with Crippen LogP contribution in [-0.2, 0) is 5.75 Å². The third-order valence-electron chi connectivity index (χ3n) is 1.22. The van der Waals surface area contributed by atoms with Crippen molar-refractivity contribution >= 4 is 39.2 Å². The second-order valence-corrected chi connectivity index (χ2v) is 4.53. The minimum atomic E-state index is 0. The average Bonchev–Trinajstić information content (AvgIpc) is 2.05. The van der Waals surface area contributed by atoms with Crippen LogP contribution in [0.4, 0.5) is 0 Å². The van der Waals surface area contributed by atoms with Crippen LogP contribution in [0.25, 0.3) is 0 Å². The van der Waals surface area contributed by atoms with E-state index in [1.54, 1.807) is 10.8 Å². The van der Waals surface area contributed by atoms with Crippen LogP contribution in [-0.4, -0.2) is 5.17 Å². The normalized spacial score (nSPS) is 8.92. The van der Waals surface area contributed by atoms with E-state index in [9.17, 15) is 0 Å². The summed E-state index contributed by atoms with van der Waals surface area (Å²) < 4.78 is 0. The average molecular weight is 235 g/mol. The minimum Gasteiger partial charge on any atom is -0.378 e. The highest BCUT2D eigenvalue weighted by Gasteiger charge is 1.93. The van der Waals surface area contributed by atoms with Crippen molar-refractivity contribution in [2.75, 3.05) is 0 Å². The molecule has 0 saturated heterocycles. The summed E-state index contributed by atoms with van der Waals surface area (Å²) in [6.45, 7) is 0. The van der Waals surface area contributed by atoms with Gasteiger partial charge in [0.15, 0.2) is 5.17 Å². The van der Waals surface area contributed by atoms with Crippen molar-refractivity contribution in [2.45, 2.75) is 5.75 Å². The molecule has 72 valence electrons. The van der Waals surface area contributed by atoms with Crippen LogP contribution < -0.4 is 5.73 Å². The standard InChI is InChI=1S/C8H10N2S2.ClH/c9-8(10)12-11-6-7-4-2-1-3-5-7;/h1-5H,6H2,(H3,9,10);1H. The third-order valence-corrected chi connectivity index (χ3v) is 3.21. The van der Waals surface area contributed by atoms with E-state index in [2.05, 4.69) is 12.1 Å². The lowest BCUT2D eigenvalue weighted by Crippen LogP contribution is -2.00. The van der Waals surface area contributed by atoms with Crippen molar-refractivity contribution in [3.63, 3.8) is 0 Å². The monoisotopic (exact) mass is 234 g/mol. The van der Waals surface area contributed by atoms with Gasteiger partial charge >= 0.3 is 0 Å². The first-order chi connectivity index (χ1) is 5.79. The number of amidine groups is 1. The van der Waals surface area contributed by atoms with Crippen molar-refractivity contribution < 1.29 is 0 Å². The number of halogens is 1. The molecule has 0 atom stereocenters. The molecule has 0 heterocycles. The number of rotatable bonds is 3. The fourth-order valence-corrected chi connectivity index (χ4v) is 2.22. The molecule has 0 aliphatic carbocycles. The summed E-state index contributed by atoms with van der Waals surface area (Å²) in [6.07, 6.45) is 0. The Balaban J connectivity index is 0.00000144. The van der Waals surface area contributed by atoms with E-state index in [-0.39, 0.29) is 17.6 Å². The fourth-order valence-electron chi connectivity index (χ4n) is 0.735. The number of benzene rings is 1. The summed E-state index contributed by atoms with van der Waals surface area (Å²) in [5, 5.41) is 7.14. The zero-order chi connectivity index (χ0) is 8.81. The Morgan fingerprint density at radius 3 is 2.46 bits per heavy atom. The van der Waals surface area contributed by atoms with E-state index in [1.807, 2.05) is 18.2 Å². The van der Waals surface area contributed by atoms with Gasteiger partial charge in [-0.05, 0) is 16.4 Å². The van der Waals surface area contributed by atoms with Crippen molar-refractivity contribution in [1.82, 2.24) is 0 Å². The Kier molecular flexibility index (Phi) is 6.94. The molecule has 0 aromatic heterocycles. The van der Waals surface area contributed by atoms with Crippen LogP contribution >= 0.6 is 34.0 Å². The van der Waals surface area contributed by atoms with Crippen LogP contribution in [0, 0.1) is 5.41 Å². The molecule has 0 amide bonds. The Morgan fingerprint density at radius 2 is 1.92 bits per heavy atom. The lowest BCUT2D eigenvalue weighted by molar-refractivity contribution is 1.43. The van der Waals surface area contributed by atoms with E-state index in [4.69, 9.17) is 11.1 Å². The molecule has 0 aliphatic rings. The summed E-state index contributed by atoms with van der Waals surface area (Å²) >= 11 is 0. The molecule has 0 aliphatic heterocycles. The van der Waals surface area contributed by atoms with Gasteiger partial charge in [-0.2, -0.15) is 0 Å². The molecule has 5 heteroatoms. The lowest BCUT2D eigenvalue weighted by Gasteiger charge is -1.98. The highest BCUT2D eigenvalue weighted by atomic mass is 35.5. The van der Waals surface area contributed by atoms with Crippen LogP contribution in [0.2, 0.25) is 0 Å². The first kappa shape index (κ1) is 12.7. The van der Waals surface area contributed by atoms with Crippen molar-refractivity contribution in [1.29, 1.82) is 5.41 Å². The topological polar surface area (TPSA) is 49.9 Å². The molecule has 0 unspecified atom stereocenters. The molecule has 2 nitrogen and oxygen atoms in total. The highest BCUT2D eigenvalue weighted by Crippen LogP contribution is 2.24. The van der Waals surface area contributed by atoms with Gasteiger partial charge in [0.1, 0.15) is 0 Å². The zero-order valence-corrected chi connectivity index (χ0v) is 9.35. The van der Waals surface area contributed by atoms with Crippen LogP contribution in [0.15, 0.2) is 30.3 Å². The van der Waals surface area contributed by atoms with Gasteiger partial charge in [-0.15, -0.1) is 12.4 Å². The van der Waals surface area contributed by atoms with Gasteiger partial charge in [0.2, 0.25) is 0 Å². The molecule has 0 bridgehead atoms. The molecular weight excluding hydrogens is 224 g/mol. The molecule has 0 saturated carbocycles. The van der Waals surface area contributed by atoms with Gasteiger partial charge in [0.05, 0.1) is 0 Å². The number of hydrogen-bond donors (Lipinski definition) is 2. The van der Waals surface area contributed by atoms with Gasteiger partial charge < -0.3 is 5.73 Å². The van der Waals surface area contributed by atoms with E-state index in [1.165, 1.54) is 16.4 Å². The summed E-state index contributed by atoms with van der Waals surface area (Å²) in [5.74, 6) is 0.894. The summed E-state index contributed by atoms with van der Waals surface area (Å²) in [7, 11) is 2.89. The highest BCUT2D eigenvalue weighted by molar-refractivity contribution is 8.81. The second kappa shape index (κ2) is 7.12. The lowest BCUT2D eigenvalue weighted by atomic mass is 10.2. The Morgan fingerprint density at radius 1 is 1.31 bits per heavy atom. The predicted octanol–water partition coefficient (Wildman–Crippen LogP) is 2.88. The molecule has 13 heavy (non-hydrogen) atoms. The molecule has 1 aromatic carbocycles. The van der Waals surface area contributed by atoms with E-state index >= 15 is 0 Å². The predicted molar refractivity (Wildman–Crippen MR) is 64.5 cm³/mol. The molecule has 0 spiro atoms. The second-order valence-electron chi connectivity index (χ2n) is 2.20. The van der Waals surface area contributed by atoms with Crippen molar-refractivity contribution in [2.24, 2.45) is 5.73 Å². The maximum Gasteiger partial charge on any atom is 0.161 e. The van der Waals surface area contributed by atoms with Crippen LogP contribution in [0.1, 0.15) is 5.56 Å². The number of hydrogen-bond acceptors (Lipinski definition) is 3. The molecular formula is C8H11ClN2S2. The quantitative estimate of drug-likeness (QED) is 0.480. The van der Waals surface area contributed by atoms with Crippen LogP contribution in [0.5, 0.6) is 0 Å². The van der Waals surface area contributed by atoms with Gasteiger partial charge in [0.25, 0.3) is 0 Å². The van der Waals surface area contributed by atoms with Gasteiger partial charge in [-0.25, -0.2) is 0 Å². The Hall–Kier alpha value is -0.320. The smallest absolute Gasteiger partial charge is 0.161 e. The SMILES string of the molecule is Cl.N=C(N)SSCc1ccccc1. The van der Waals surface area contributed by atoms with Crippen molar-refractivity contribution in [3.8, 4) is 0 Å². The maximum absolute atomic E-state index is 6.98. The van der Waals surface area contributed by atoms with Gasteiger partial charge in [0, 0.05) is 5.75 Å². The van der Waals surface area contributed by atoms with E-state index in [0.717, 1.165) is 5.75 Å². The summed E-state index contributed by atoms with van der Waals surface area (Å²) in [4.78, 5) is 0. The molecule has 0 fully saturated rings. The molecule has 1 rings (SSSR count). The Labute approximate surface area is 92.0 Å². The van der Waals surface area contributed by atoms with E-state index < -0.39 is 0 Å². The van der Waals surface area contributed by atoms with Crippen molar-refractivity contribution in [3.05, 3.63) is 35.9 Å². The number of nitrogens with two attached hydrogens (primary N) is 1. The molecule has 0 radical (unpaired) electrons. The summed E-state index contributed by atoms with van der Waals surface area (Å²) in [6, 6.07) is 10.1. The van der Waals surface area contributed by atoms with Gasteiger partial charge in [-0.3, -0.25) is 5.41 Å². The summed E-state index contributed by atoms with van der Waals surface area (Å²) in [5.41, 5.74) is 6.44. The zero-order valence-electron chi connectivity index (χ0n) is 6.90.